The molecule has 0 aliphatic carbocycles. The molecule has 1 unspecified atom stereocenters. The number of halogens is 9. The normalized spacial score (nSPS) is 15.1. The molecule has 0 amide bonds. The van der Waals surface area contributed by atoms with Crippen LogP contribution in [0.2, 0.25) is 0 Å². The molecule has 0 aliphatic heterocycles. The van der Waals surface area contributed by atoms with Gasteiger partial charge in [0.05, 0.1) is 0 Å². The molecule has 0 aromatic heterocycles. The van der Waals surface area contributed by atoms with E-state index in [1.54, 1.807) is 6.08 Å². The Bertz CT molecular complexity index is 552. The van der Waals surface area contributed by atoms with Crippen molar-refractivity contribution in [2.75, 3.05) is 6.54 Å². The Labute approximate surface area is 144 Å². The lowest BCUT2D eigenvalue weighted by Crippen LogP contribution is -2.66. The van der Waals surface area contributed by atoms with Gasteiger partial charge in [0, 0.05) is 6.54 Å². The first-order valence-electron chi connectivity index (χ1n) is 6.83. The van der Waals surface area contributed by atoms with Crippen LogP contribution in [-0.2, 0) is 10.1 Å². The molecule has 0 aliphatic rings. The molecule has 0 radical (unpaired) electrons. The SMILES string of the molecule is C=CCN.CCCCC(F)C(F)(F)C(F)(F)C(F)(F)C(F)(F)S(=O)(=O)O. The van der Waals surface area contributed by atoms with Gasteiger partial charge >= 0.3 is 33.1 Å². The third-order valence-corrected chi connectivity index (χ3v) is 3.78. The zero-order chi connectivity index (χ0) is 21.6. The molecule has 0 aromatic rings. The van der Waals surface area contributed by atoms with Gasteiger partial charge in [-0.15, -0.1) is 6.58 Å². The highest BCUT2D eigenvalue weighted by Gasteiger charge is 2.85. The summed E-state index contributed by atoms with van der Waals surface area (Å²) < 4.78 is 145. The van der Waals surface area contributed by atoms with Crippen LogP contribution in [0.15, 0.2) is 12.7 Å². The maximum atomic E-state index is 13.1. The summed E-state index contributed by atoms with van der Waals surface area (Å²) in [5.74, 6) is -20.6. The fourth-order valence-corrected chi connectivity index (χ4v) is 1.77. The molecule has 0 saturated carbocycles. The topological polar surface area (TPSA) is 80.4 Å². The van der Waals surface area contributed by atoms with Gasteiger partial charge in [-0.3, -0.25) is 4.55 Å². The summed E-state index contributed by atoms with van der Waals surface area (Å²) in [5.41, 5.74) is 4.91. The monoisotopic (exact) mass is 427 g/mol. The van der Waals surface area contributed by atoms with E-state index in [9.17, 15) is 47.9 Å². The van der Waals surface area contributed by atoms with Crippen LogP contribution < -0.4 is 5.73 Å². The summed E-state index contributed by atoms with van der Waals surface area (Å²) in [6.07, 6.45) is -4.04. The molecule has 1 atom stereocenters. The second-order valence-electron chi connectivity index (χ2n) is 4.90. The van der Waals surface area contributed by atoms with Crippen molar-refractivity contribution in [2.45, 2.75) is 55.4 Å². The predicted molar refractivity (Wildman–Crippen MR) is 75.0 cm³/mol. The number of hydrogen-bond donors (Lipinski definition) is 2. The van der Waals surface area contributed by atoms with Crippen molar-refractivity contribution < 1.29 is 52.5 Å². The maximum Gasteiger partial charge on any atom is 0.438 e. The molecule has 158 valence electrons. The van der Waals surface area contributed by atoms with Crippen LogP contribution in [0.5, 0.6) is 0 Å². The Morgan fingerprint density at radius 3 is 1.73 bits per heavy atom. The van der Waals surface area contributed by atoms with Gasteiger partial charge in [-0.1, -0.05) is 25.8 Å². The van der Waals surface area contributed by atoms with E-state index in [0.717, 1.165) is 0 Å². The number of nitrogens with two attached hydrogens (primary N) is 1. The number of alkyl halides is 9. The lowest BCUT2D eigenvalue weighted by Gasteiger charge is -2.36. The predicted octanol–water partition coefficient (Wildman–Crippen LogP) is 4.03. The quantitative estimate of drug-likeness (QED) is 0.331. The molecule has 0 heterocycles. The van der Waals surface area contributed by atoms with E-state index < -0.39 is 52.2 Å². The highest BCUT2D eigenvalue weighted by atomic mass is 32.2. The molecule has 3 N–H and O–H groups in total. The summed E-state index contributed by atoms with van der Waals surface area (Å²) in [6.45, 7) is 5.26. The Balaban J connectivity index is 0. The van der Waals surface area contributed by atoms with Gasteiger partial charge in [0.2, 0.25) is 0 Å². The highest BCUT2D eigenvalue weighted by molar-refractivity contribution is 7.87. The Kier molecular flexibility index (Phi) is 9.69. The van der Waals surface area contributed by atoms with Crippen molar-refractivity contribution >= 4 is 10.1 Å². The molecule has 14 heteroatoms. The summed E-state index contributed by atoms with van der Waals surface area (Å²) in [6, 6.07) is 0. The van der Waals surface area contributed by atoms with E-state index >= 15 is 0 Å². The van der Waals surface area contributed by atoms with Crippen molar-refractivity contribution in [2.24, 2.45) is 5.73 Å². The van der Waals surface area contributed by atoms with Gasteiger partial charge in [0.25, 0.3) is 0 Å². The molecular formula is C12H18F9NO3S. The molecule has 0 rings (SSSR count). The van der Waals surface area contributed by atoms with Gasteiger partial charge in [-0.05, 0) is 6.42 Å². The summed E-state index contributed by atoms with van der Waals surface area (Å²) in [5, 5.41) is -6.95. The van der Waals surface area contributed by atoms with E-state index in [-0.39, 0.29) is 6.42 Å². The number of unbranched alkanes of at least 4 members (excludes halogenated alkanes) is 1. The maximum absolute atomic E-state index is 13.1. The first-order chi connectivity index (χ1) is 11.4. The minimum absolute atomic E-state index is 0.0135. The van der Waals surface area contributed by atoms with Gasteiger partial charge in [0.15, 0.2) is 6.17 Å². The van der Waals surface area contributed by atoms with Gasteiger partial charge in [-0.2, -0.15) is 43.5 Å². The molecule has 0 bridgehead atoms. The van der Waals surface area contributed by atoms with Crippen LogP contribution in [0.4, 0.5) is 39.5 Å². The fourth-order valence-electron chi connectivity index (χ4n) is 1.32. The minimum atomic E-state index is -7.26. The number of rotatable bonds is 9. The Hall–Kier alpha value is -1.02. The third-order valence-electron chi connectivity index (χ3n) is 2.87. The van der Waals surface area contributed by atoms with Crippen molar-refractivity contribution in [3.63, 3.8) is 0 Å². The van der Waals surface area contributed by atoms with Crippen molar-refractivity contribution in [1.82, 2.24) is 0 Å². The van der Waals surface area contributed by atoms with E-state index in [1.165, 1.54) is 6.92 Å². The molecule has 0 saturated heterocycles. The number of hydrogen-bond acceptors (Lipinski definition) is 3. The summed E-state index contributed by atoms with van der Waals surface area (Å²) in [7, 11) is -7.17. The second-order valence-corrected chi connectivity index (χ2v) is 6.36. The fraction of sp³-hybridized carbons (Fsp3) is 0.833. The second kappa shape index (κ2) is 9.26. The first kappa shape index (κ1) is 27.2. The van der Waals surface area contributed by atoms with E-state index in [2.05, 4.69) is 6.58 Å². The largest absolute Gasteiger partial charge is 0.438 e. The average molecular weight is 427 g/mol. The first-order valence-corrected chi connectivity index (χ1v) is 8.27. The van der Waals surface area contributed by atoms with Crippen LogP contribution in [0.25, 0.3) is 0 Å². The van der Waals surface area contributed by atoms with Crippen LogP contribution in [-0.4, -0.2) is 48.7 Å². The van der Waals surface area contributed by atoms with Gasteiger partial charge in [-0.25, -0.2) is 4.39 Å². The lowest BCUT2D eigenvalue weighted by atomic mass is 9.97. The zero-order valence-electron chi connectivity index (χ0n) is 13.3. The minimum Gasteiger partial charge on any atom is -0.327 e. The lowest BCUT2D eigenvalue weighted by molar-refractivity contribution is -0.359. The molecular weight excluding hydrogens is 409 g/mol. The summed E-state index contributed by atoms with van der Waals surface area (Å²) >= 11 is 0. The molecule has 0 fully saturated rings. The van der Waals surface area contributed by atoms with Crippen LogP contribution in [0, 0.1) is 0 Å². The van der Waals surface area contributed by atoms with Gasteiger partial charge in [0.1, 0.15) is 0 Å². The third kappa shape index (κ3) is 5.25. The molecule has 0 aromatic carbocycles. The summed E-state index contributed by atoms with van der Waals surface area (Å²) in [4.78, 5) is 0. The van der Waals surface area contributed by atoms with Crippen molar-refractivity contribution in [3.8, 4) is 0 Å². The van der Waals surface area contributed by atoms with Crippen LogP contribution in [0.1, 0.15) is 26.2 Å². The van der Waals surface area contributed by atoms with E-state index in [4.69, 9.17) is 10.3 Å². The van der Waals surface area contributed by atoms with Crippen LogP contribution >= 0.6 is 0 Å². The molecule has 4 nitrogen and oxygen atoms in total. The molecule has 26 heavy (non-hydrogen) atoms. The highest BCUT2D eigenvalue weighted by Crippen LogP contribution is 2.55. The molecule has 0 spiro atoms. The van der Waals surface area contributed by atoms with E-state index in [1.807, 2.05) is 0 Å². The average Bonchev–Trinajstić information content (AvgIpc) is 2.50. The van der Waals surface area contributed by atoms with Crippen LogP contribution in [0.3, 0.4) is 0 Å². The Morgan fingerprint density at radius 2 is 1.46 bits per heavy atom. The van der Waals surface area contributed by atoms with E-state index in [0.29, 0.717) is 6.54 Å². The Morgan fingerprint density at radius 1 is 1.08 bits per heavy atom. The smallest absolute Gasteiger partial charge is 0.327 e. The van der Waals surface area contributed by atoms with Crippen molar-refractivity contribution in [1.29, 1.82) is 0 Å². The zero-order valence-corrected chi connectivity index (χ0v) is 14.2. The van der Waals surface area contributed by atoms with Gasteiger partial charge < -0.3 is 5.73 Å². The van der Waals surface area contributed by atoms with Crippen molar-refractivity contribution in [3.05, 3.63) is 12.7 Å². The standard InChI is InChI=1S/C9H11F9O3S.C3H7N/c1-2-3-4-5(10)6(11,12)7(13,14)8(15,16)9(17,18)22(19,20)21;1-2-3-4/h5H,2-4H2,1H3,(H,19,20,21);2H,1,3-4H2.